The molecule has 0 spiro atoms. The smallest absolute Gasteiger partial charge is 0.149 e. The lowest BCUT2D eigenvalue weighted by Gasteiger charge is -2.37. The van der Waals surface area contributed by atoms with Crippen LogP contribution in [-0.4, -0.2) is 34.1 Å². The lowest BCUT2D eigenvalue weighted by atomic mass is 9.96. The number of aromatic nitrogens is 3. The Morgan fingerprint density at radius 1 is 1.09 bits per heavy atom. The van der Waals surface area contributed by atoms with Gasteiger partial charge in [0.2, 0.25) is 0 Å². The van der Waals surface area contributed by atoms with Gasteiger partial charge in [-0.1, -0.05) is 6.92 Å². The Kier molecular flexibility index (Phi) is 6.25. The molecule has 1 saturated heterocycles. The molecule has 5 rings (SSSR count). The first-order valence-electron chi connectivity index (χ1n) is 11.5. The van der Waals surface area contributed by atoms with E-state index >= 15 is 4.39 Å². The number of hydrogen-bond acceptors (Lipinski definition) is 6. The highest BCUT2D eigenvalue weighted by Crippen LogP contribution is 2.32. The maximum absolute atomic E-state index is 15.2. The number of anilines is 2. The quantitative estimate of drug-likeness (QED) is 0.425. The summed E-state index contributed by atoms with van der Waals surface area (Å²) in [5, 5.41) is 3.39. The van der Waals surface area contributed by atoms with Crippen LogP contribution in [0.15, 0.2) is 55.0 Å². The van der Waals surface area contributed by atoms with E-state index in [1.54, 1.807) is 18.5 Å². The average molecular weight is 479 g/mol. The summed E-state index contributed by atoms with van der Waals surface area (Å²) < 4.78 is 44.7. The first kappa shape index (κ1) is 23.0. The number of nitrogens with one attached hydrogen (secondary N) is 1. The molecule has 6 nitrogen and oxygen atoms in total. The maximum atomic E-state index is 15.2. The van der Waals surface area contributed by atoms with Crippen LogP contribution in [0.5, 0.6) is 0 Å². The monoisotopic (exact) mass is 478 g/mol. The van der Waals surface area contributed by atoms with Gasteiger partial charge in [0.05, 0.1) is 40.9 Å². The number of rotatable bonds is 5. The molecular weight excluding hydrogens is 453 g/mol. The van der Waals surface area contributed by atoms with Gasteiger partial charge >= 0.3 is 0 Å². The molecule has 2 atom stereocenters. The Hall–Kier alpha value is -3.72. The summed E-state index contributed by atoms with van der Waals surface area (Å²) in [6, 6.07) is 8.76. The van der Waals surface area contributed by atoms with Gasteiger partial charge in [-0.15, -0.1) is 0 Å². The lowest BCUT2D eigenvalue weighted by molar-refractivity contribution is 0.402. The lowest BCUT2D eigenvalue weighted by Crippen LogP contribution is -2.46. The number of pyridine rings is 3. The highest BCUT2D eigenvalue weighted by atomic mass is 19.1. The van der Waals surface area contributed by atoms with Crippen molar-refractivity contribution in [1.82, 2.24) is 15.0 Å². The fraction of sp³-hybridized carbons (Fsp3) is 0.269. The van der Waals surface area contributed by atoms with Crippen molar-refractivity contribution in [3.05, 3.63) is 78.1 Å². The third kappa shape index (κ3) is 4.64. The molecule has 0 bridgehead atoms. The Balaban J connectivity index is 1.44. The van der Waals surface area contributed by atoms with Gasteiger partial charge in [-0.2, -0.15) is 0 Å². The van der Waals surface area contributed by atoms with Crippen LogP contribution >= 0.6 is 0 Å². The van der Waals surface area contributed by atoms with Gasteiger partial charge in [-0.3, -0.25) is 9.97 Å². The summed E-state index contributed by atoms with van der Waals surface area (Å²) in [5.41, 5.74) is 7.64. The van der Waals surface area contributed by atoms with E-state index in [9.17, 15) is 8.78 Å². The molecular formula is C26H25F3N6. The molecule has 3 N–H and O–H groups in total. The van der Waals surface area contributed by atoms with Gasteiger partial charge in [0.25, 0.3) is 0 Å². The molecule has 1 fully saturated rings. The molecule has 0 amide bonds. The molecule has 180 valence electrons. The van der Waals surface area contributed by atoms with Crippen molar-refractivity contribution in [3.63, 3.8) is 0 Å². The topological polar surface area (TPSA) is 80.0 Å². The van der Waals surface area contributed by atoms with E-state index in [1.165, 1.54) is 24.4 Å². The second-order valence-electron chi connectivity index (χ2n) is 9.00. The summed E-state index contributed by atoms with van der Waals surface area (Å²) >= 11 is 0. The number of benzene rings is 1. The van der Waals surface area contributed by atoms with E-state index in [4.69, 9.17) is 5.73 Å². The molecule has 0 aliphatic carbocycles. The van der Waals surface area contributed by atoms with Crippen molar-refractivity contribution >= 4 is 22.3 Å². The second kappa shape index (κ2) is 9.50. The zero-order valence-electron chi connectivity index (χ0n) is 19.2. The van der Waals surface area contributed by atoms with Crippen molar-refractivity contribution < 1.29 is 13.2 Å². The largest absolute Gasteiger partial charge is 0.376 e. The molecule has 2 unspecified atom stereocenters. The predicted molar refractivity (Wildman–Crippen MR) is 130 cm³/mol. The van der Waals surface area contributed by atoms with E-state index in [2.05, 4.69) is 32.1 Å². The average Bonchev–Trinajstić information content (AvgIpc) is 2.84. The van der Waals surface area contributed by atoms with Crippen molar-refractivity contribution in [3.8, 4) is 11.3 Å². The minimum absolute atomic E-state index is 0.0861. The number of nitrogens with zero attached hydrogens (tertiary/aromatic N) is 4. The fourth-order valence-corrected chi connectivity index (χ4v) is 4.70. The molecule has 9 heteroatoms. The van der Waals surface area contributed by atoms with E-state index in [0.717, 1.165) is 37.0 Å². The van der Waals surface area contributed by atoms with Crippen LogP contribution in [0, 0.1) is 23.4 Å². The first-order valence-corrected chi connectivity index (χ1v) is 11.5. The number of piperidine rings is 1. The second-order valence-corrected chi connectivity index (χ2v) is 9.00. The van der Waals surface area contributed by atoms with Crippen LogP contribution in [0.2, 0.25) is 0 Å². The number of fused-ring (bicyclic) bond motifs is 1. The van der Waals surface area contributed by atoms with Gasteiger partial charge < -0.3 is 16.0 Å². The molecule has 1 aliphatic heterocycles. The van der Waals surface area contributed by atoms with Gasteiger partial charge in [0, 0.05) is 43.0 Å². The molecule has 4 aromatic rings. The van der Waals surface area contributed by atoms with E-state index < -0.39 is 23.0 Å². The Labute approximate surface area is 201 Å². The highest BCUT2D eigenvalue weighted by Gasteiger charge is 2.24. The van der Waals surface area contributed by atoms with Crippen molar-refractivity contribution in [2.45, 2.75) is 25.9 Å². The Bertz CT molecular complexity index is 1370. The van der Waals surface area contributed by atoms with Gasteiger partial charge in [-0.25, -0.2) is 18.2 Å². The molecule has 4 heterocycles. The minimum Gasteiger partial charge on any atom is -0.376 e. The van der Waals surface area contributed by atoms with Crippen LogP contribution in [-0.2, 0) is 6.54 Å². The number of hydrogen-bond donors (Lipinski definition) is 2. The van der Waals surface area contributed by atoms with Gasteiger partial charge in [0.15, 0.2) is 0 Å². The van der Waals surface area contributed by atoms with Crippen molar-refractivity contribution in [2.24, 2.45) is 11.7 Å². The van der Waals surface area contributed by atoms with Crippen LogP contribution in [0.1, 0.15) is 19.0 Å². The van der Waals surface area contributed by atoms with E-state index in [-0.39, 0.29) is 29.2 Å². The van der Waals surface area contributed by atoms with Crippen molar-refractivity contribution in [2.75, 3.05) is 23.3 Å². The summed E-state index contributed by atoms with van der Waals surface area (Å²) in [7, 11) is 0. The molecule has 1 aliphatic rings. The van der Waals surface area contributed by atoms with Gasteiger partial charge in [-0.05, 0) is 42.7 Å². The maximum Gasteiger partial charge on any atom is 0.149 e. The molecule has 0 radical (unpaired) electrons. The predicted octanol–water partition coefficient (Wildman–Crippen LogP) is 4.89. The summed E-state index contributed by atoms with van der Waals surface area (Å²) in [5.74, 6) is -2.17. The standard InChI is InChI=1S/C26H25F3N6/c1-15-9-16(30)14-35(13-15)23-6-8-31-12-22(23)33-11-17-4-5-19(27)26(34-17)24-20(28)10-21-18(25(24)29)3-2-7-32-21/h2-8,10,12,15-16,33H,9,11,13-14,30H2,1H3. The molecule has 1 aromatic carbocycles. The number of nitrogens with two attached hydrogens (primary N) is 1. The summed E-state index contributed by atoms with van der Waals surface area (Å²) in [4.78, 5) is 14.7. The summed E-state index contributed by atoms with van der Waals surface area (Å²) in [6.45, 7) is 3.99. The molecule has 0 saturated carbocycles. The SMILES string of the molecule is CC1CC(N)CN(c2ccncc2NCc2ccc(F)c(-c3c(F)cc4ncccc4c3F)n2)C1. The molecule has 3 aromatic heterocycles. The van der Waals surface area contributed by atoms with Gasteiger partial charge in [0.1, 0.15) is 23.1 Å². The normalized spacial score (nSPS) is 18.1. The van der Waals surface area contributed by atoms with Crippen LogP contribution in [0.4, 0.5) is 24.5 Å². The zero-order valence-corrected chi connectivity index (χ0v) is 19.2. The minimum atomic E-state index is -0.921. The first-order chi connectivity index (χ1) is 16.9. The van der Waals surface area contributed by atoms with Crippen LogP contribution in [0.3, 0.4) is 0 Å². The van der Waals surface area contributed by atoms with Crippen LogP contribution in [0.25, 0.3) is 22.2 Å². The Morgan fingerprint density at radius 3 is 2.77 bits per heavy atom. The third-order valence-electron chi connectivity index (χ3n) is 6.23. The zero-order chi connectivity index (χ0) is 24.5. The summed E-state index contributed by atoms with van der Waals surface area (Å²) in [6.07, 6.45) is 5.85. The molecule has 35 heavy (non-hydrogen) atoms. The van der Waals surface area contributed by atoms with Crippen molar-refractivity contribution in [1.29, 1.82) is 0 Å². The Morgan fingerprint density at radius 2 is 1.94 bits per heavy atom. The van der Waals surface area contributed by atoms with Crippen LogP contribution < -0.4 is 16.0 Å². The third-order valence-corrected chi connectivity index (χ3v) is 6.23. The van der Waals surface area contributed by atoms with E-state index in [1.807, 2.05) is 6.07 Å². The van der Waals surface area contributed by atoms with E-state index in [0.29, 0.717) is 11.6 Å². The fourth-order valence-electron chi connectivity index (χ4n) is 4.70. The number of halogens is 3. The highest BCUT2D eigenvalue weighted by molar-refractivity contribution is 5.85.